The van der Waals surface area contributed by atoms with E-state index in [0.29, 0.717) is 12.6 Å². The third-order valence-electron chi connectivity index (χ3n) is 3.29. The minimum absolute atomic E-state index is 0.448. The van der Waals surface area contributed by atoms with Gasteiger partial charge in [0, 0.05) is 23.8 Å². The second-order valence-electron chi connectivity index (χ2n) is 4.31. The van der Waals surface area contributed by atoms with Crippen molar-refractivity contribution in [2.45, 2.75) is 25.9 Å². The minimum Gasteiger partial charge on any atom is -0.377 e. The molecule has 0 amide bonds. The molecule has 1 aliphatic rings. The Morgan fingerprint density at radius 1 is 1.53 bits per heavy atom. The molecule has 1 atom stereocenters. The normalized spacial score (nSPS) is 20.6. The van der Waals surface area contributed by atoms with Crippen molar-refractivity contribution in [1.29, 1.82) is 0 Å². The maximum absolute atomic E-state index is 6.20. The van der Waals surface area contributed by atoms with Crippen LogP contribution in [-0.2, 0) is 11.3 Å². The highest BCUT2D eigenvalue weighted by Gasteiger charge is 2.21. The van der Waals surface area contributed by atoms with Crippen molar-refractivity contribution in [3.63, 3.8) is 0 Å². The second kappa shape index (κ2) is 5.71. The summed E-state index contributed by atoms with van der Waals surface area (Å²) < 4.78 is 5.51. The molecule has 3 nitrogen and oxygen atoms in total. The van der Waals surface area contributed by atoms with Crippen LogP contribution in [0, 0.1) is 0 Å². The number of halogens is 1. The third-order valence-corrected chi connectivity index (χ3v) is 3.64. The monoisotopic (exact) mass is 254 g/mol. The molecule has 0 spiro atoms. The summed E-state index contributed by atoms with van der Waals surface area (Å²) in [5, 5.41) is 0.756. The molecule has 0 aromatic heterocycles. The molecule has 0 saturated carbocycles. The van der Waals surface area contributed by atoms with Crippen LogP contribution in [0.4, 0.5) is 5.69 Å². The lowest BCUT2D eigenvalue weighted by Crippen LogP contribution is -2.45. The molecule has 1 heterocycles. The van der Waals surface area contributed by atoms with Crippen molar-refractivity contribution < 1.29 is 4.74 Å². The van der Waals surface area contributed by atoms with Crippen LogP contribution in [-0.4, -0.2) is 25.8 Å². The van der Waals surface area contributed by atoms with E-state index >= 15 is 0 Å². The van der Waals surface area contributed by atoms with E-state index in [9.17, 15) is 0 Å². The summed E-state index contributed by atoms with van der Waals surface area (Å²) >= 11 is 6.20. The van der Waals surface area contributed by atoms with Crippen molar-refractivity contribution >= 4 is 17.3 Å². The van der Waals surface area contributed by atoms with Gasteiger partial charge < -0.3 is 15.4 Å². The molecule has 0 bridgehead atoms. The maximum atomic E-state index is 6.20. The number of rotatable bonds is 3. The van der Waals surface area contributed by atoms with Gasteiger partial charge in [0.05, 0.1) is 19.3 Å². The highest BCUT2D eigenvalue weighted by molar-refractivity contribution is 6.31. The summed E-state index contributed by atoms with van der Waals surface area (Å²) in [5.74, 6) is 0. The zero-order valence-corrected chi connectivity index (χ0v) is 10.9. The first-order valence-electron chi connectivity index (χ1n) is 6.09. The summed E-state index contributed by atoms with van der Waals surface area (Å²) in [6, 6.07) is 6.57. The van der Waals surface area contributed by atoms with Gasteiger partial charge in [0.15, 0.2) is 0 Å². The number of anilines is 1. The van der Waals surface area contributed by atoms with Gasteiger partial charge in [-0.1, -0.05) is 24.6 Å². The fourth-order valence-electron chi connectivity index (χ4n) is 2.21. The summed E-state index contributed by atoms with van der Waals surface area (Å²) in [6.07, 6.45) is 1.08. The number of benzene rings is 1. The van der Waals surface area contributed by atoms with Crippen molar-refractivity contribution in [1.82, 2.24) is 0 Å². The topological polar surface area (TPSA) is 38.5 Å². The van der Waals surface area contributed by atoms with Crippen LogP contribution in [0.3, 0.4) is 0 Å². The standard InChI is InChI=1S/C13H19ClN2O/c1-2-11-9-17-6-5-16(11)12-4-3-10(8-15)13(14)7-12/h3-4,7,11H,2,5-6,8-9,15H2,1H3. The van der Waals surface area contributed by atoms with Crippen LogP contribution in [0.1, 0.15) is 18.9 Å². The number of nitrogens with two attached hydrogens (primary N) is 1. The van der Waals surface area contributed by atoms with Crippen LogP contribution >= 0.6 is 11.6 Å². The van der Waals surface area contributed by atoms with Crippen molar-refractivity contribution in [3.8, 4) is 0 Å². The second-order valence-corrected chi connectivity index (χ2v) is 4.72. The van der Waals surface area contributed by atoms with Gasteiger partial charge in [-0.3, -0.25) is 0 Å². The molecular weight excluding hydrogens is 236 g/mol. The Bertz CT molecular complexity index is 384. The van der Waals surface area contributed by atoms with Crippen molar-refractivity contribution in [3.05, 3.63) is 28.8 Å². The lowest BCUT2D eigenvalue weighted by atomic mass is 10.1. The number of hydrogen-bond acceptors (Lipinski definition) is 3. The van der Waals surface area contributed by atoms with E-state index in [0.717, 1.165) is 36.8 Å². The van der Waals surface area contributed by atoms with E-state index in [4.69, 9.17) is 22.1 Å². The Hall–Kier alpha value is -0.770. The van der Waals surface area contributed by atoms with E-state index in [2.05, 4.69) is 17.9 Å². The molecule has 2 N–H and O–H groups in total. The fourth-order valence-corrected chi connectivity index (χ4v) is 2.47. The number of nitrogens with zero attached hydrogens (tertiary/aromatic N) is 1. The summed E-state index contributed by atoms with van der Waals surface area (Å²) in [6.45, 7) is 5.18. The molecule has 1 unspecified atom stereocenters. The van der Waals surface area contributed by atoms with Crippen LogP contribution in [0.25, 0.3) is 0 Å². The Balaban J connectivity index is 2.23. The quantitative estimate of drug-likeness (QED) is 0.900. The lowest BCUT2D eigenvalue weighted by molar-refractivity contribution is 0.0930. The Morgan fingerprint density at radius 3 is 3.00 bits per heavy atom. The molecule has 0 radical (unpaired) electrons. The van der Waals surface area contributed by atoms with Crippen LogP contribution < -0.4 is 10.6 Å². The zero-order valence-electron chi connectivity index (χ0n) is 10.2. The van der Waals surface area contributed by atoms with Gasteiger partial charge in [-0.25, -0.2) is 0 Å². The first-order chi connectivity index (χ1) is 8.26. The van der Waals surface area contributed by atoms with E-state index < -0.39 is 0 Å². The molecule has 1 aromatic carbocycles. The van der Waals surface area contributed by atoms with Gasteiger partial charge in [0.25, 0.3) is 0 Å². The first-order valence-corrected chi connectivity index (χ1v) is 6.47. The van der Waals surface area contributed by atoms with Gasteiger partial charge >= 0.3 is 0 Å². The average Bonchev–Trinajstić information content (AvgIpc) is 2.38. The van der Waals surface area contributed by atoms with Crippen LogP contribution in [0.15, 0.2) is 18.2 Å². The van der Waals surface area contributed by atoms with Gasteiger partial charge in [-0.15, -0.1) is 0 Å². The molecule has 2 rings (SSSR count). The van der Waals surface area contributed by atoms with Gasteiger partial charge in [0.1, 0.15) is 0 Å². The largest absolute Gasteiger partial charge is 0.377 e. The molecule has 17 heavy (non-hydrogen) atoms. The maximum Gasteiger partial charge on any atom is 0.0670 e. The average molecular weight is 255 g/mol. The molecular formula is C13H19ClN2O. The minimum atomic E-state index is 0.448. The zero-order chi connectivity index (χ0) is 12.3. The highest BCUT2D eigenvalue weighted by Crippen LogP contribution is 2.26. The fraction of sp³-hybridized carbons (Fsp3) is 0.538. The van der Waals surface area contributed by atoms with Gasteiger partial charge in [0.2, 0.25) is 0 Å². The number of morpholine rings is 1. The van der Waals surface area contributed by atoms with Crippen molar-refractivity contribution in [2.24, 2.45) is 5.73 Å². The molecule has 94 valence electrons. The predicted molar refractivity (Wildman–Crippen MR) is 71.6 cm³/mol. The van der Waals surface area contributed by atoms with E-state index in [-0.39, 0.29) is 0 Å². The molecule has 4 heteroatoms. The Kier molecular flexibility index (Phi) is 4.26. The molecule has 1 saturated heterocycles. The summed E-state index contributed by atoms with van der Waals surface area (Å²) in [7, 11) is 0. The summed E-state index contributed by atoms with van der Waals surface area (Å²) in [4.78, 5) is 2.37. The summed E-state index contributed by atoms with van der Waals surface area (Å²) in [5.41, 5.74) is 7.78. The lowest BCUT2D eigenvalue weighted by Gasteiger charge is -2.37. The third kappa shape index (κ3) is 2.73. The van der Waals surface area contributed by atoms with Crippen LogP contribution in [0.5, 0.6) is 0 Å². The van der Waals surface area contributed by atoms with Crippen molar-refractivity contribution in [2.75, 3.05) is 24.7 Å². The molecule has 1 fully saturated rings. The predicted octanol–water partition coefficient (Wildman–Crippen LogP) is 2.41. The molecule has 1 aromatic rings. The molecule has 0 aliphatic carbocycles. The molecule has 1 aliphatic heterocycles. The highest BCUT2D eigenvalue weighted by atomic mass is 35.5. The van der Waals surface area contributed by atoms with E-state index in [1.165, 1.54) is 5.69 Å². The van der Waals surface area contributed by atoms with E-state index in [1.54, 1.807) is 0 Å². The number of hydrogen-bond donors (Lipinski definition) is 1. The van der Waals surface area contributed by atoms with Gasteiger partial charge in [-0.2, -0.15) is 0 Å². The Morgan fingerprint density at radius 2 is 2.35 bits per heavy atom. The SMILES string of the molecule is CCC1COCCN1c1ccc(CN)c(Cl)c1. The van der Waals surface area contributed by atoms with Crippen LogP contribution in [0.2, 0.25) is 5.02 Å². The first kappa shape index (κ1) is 12.7. The van der Waals surface area contributed by atoms with Gasteiger partial charge in [-0.05, 0) is 24.1 Å². The van der Waals surface area contributed by atoms with E-state index in [1.807, 2.05) is 12.1 Å². The Labute approximate surface area is 107 Å². The smallest absolute Gasteiger partial charge is 0.0670 e. The number of ether oxygens (including phenoxy) is 1.